The molecule has 1 aromatic rings. The number of carbonyl (C=O) groups excluding carboxylic acids is 1. The first-order valence-corrected chi connectivity index (χ1v) is 8.06. The van der Waals surface area contributed by atoms with Gasteiger partial charge in [-0.2, -0.15) is 0 Å². The Morgan fingerprint density at radius 3 is 2.26 bits per heavy atom. The summed E-state index contributed by atoms with van der Waals surface area (Å²) in [6.07, 6.45) is 2.17. The molecule has 1 aliphatic carbocycles. The Bertz CT molecular complexity index is 581. The average Bonchev–Trinajstić information content (AvgIpc) is 2.46. The molecule has 1 aliphatic rings. The van der Waals surface area contributed by atoms with Gasteiger partial charge in [-0.3, -0.25) is 4.79 Å². The zero-order valence-electron chi connectivity index (χ0n) is 12.2. The van der Waals surface area contributed by atoms with Crippen LogP contribution >= 0.6 is 15.9 Å². The van der Waals surface area contributed by atoms with Crippen molar-refractivity contribution in [2.45, 2.75) is 38.3 Å². The SMILES string of the molecule is O=C(NCc1c(F)cc(Br)cc1F)NC1CCC(C(=O)O)CC1. The number of urea groups is 1. The highest BCUT2D eigenvalue weighted by atomic mass is 79.9. The molecule has 5 nitrogen and oxygen atoms in total. The van der Waals surface area contributed by atoms with Crippen LogP contribution in [0.1, 0.15) is 31.2 Å². The number of amides is 2. The summed E-state index contributed by atoms with van der Waals surface area (Å²) in [4.78, 5) is 22.7. The molecule has 0 bridgehead atoms. The standard InChI is InChI=1S/C15H17BrF2N2O3/c16-9-5-12(17)11(13(18)6-9)7-19-15(23)20-10-3-1-8(2-4-10)14(21)22/h5-6,8,10H,1-4,7H2,(H,21,22)(H2,19,20,23). The fourth-order valence-corrected chi connectivity index (χ4v) is 3.03. The van der Waals surface area contributed by atoms with Gasteiger partial charge in [0.15, 0.2) is 0 Å². The molecular formula is C15H17BrF2N2O3. The fraction of sp³-hybridized carbons (Fsp3) is 0.467. The fourth-order valence-electron chi connectivity index (χ4n) is 2.63. The molecule has 3 N–H and O–H groups in total. The summed E-state index contributed by atoms with van der Waals surface area (Å²) < 4.78 is 27.6. The minimum absolute atomic E-state index is 0.120. The zero-order valence-corrected chi connectivity index (χ0v) is 13.8. The zero-order chi connectivity index (χ0) is 17.0. The molecule has 8 heteroatoms. The maximum absolute atomic E-state index is 13.6. The lowest BCUT2D eigenvalue weighted by Crippen LogP contribution is -2.44. The number of halogens is 3. The van der Waals surface area contributed by atoms with Gasteiger partial charge < -0.3 is 15.7 Å². The van der Waals surface area contributed by atoms with Crippen LogP contribution in [0.2, 0.25) is 0 Å². The van der Waals surface area contributed by atoms with Crippen molar-refractivity contribution in [1.29, 1.82) is 0 Å². The van der Waals surface area contributed by atoms with Crippen LogP contribution in [0.25, 0.3) is 0 Å². The molecule has 0 aromatic heterocycles. The van der Waals surface area contributed by atoms with Gasteiger partial charge in [-0.25, -0.2) is 13.6 Å². The number of hydrogen-bond donors (Lipinski definition) is 3. The summed E-state index contributed by atoms with van der Waals surface area (Å²) >= 11 is 2.99. The van der Waals surface area contributed by atoms with Crippen molar-refractivity contribution >= 4 is 27.9 Å². The van der Waals surface area contributed by atoms with E-state index in [1.54, 1.807) is 0 Å². The average molecular weight is 391 g/mol. The van der Waals surface area contributed by atoms with Gasteiger partial charge in [-0.05, 0) is 37.8 Å². The second-order valence-corrected chi connectivity index (χ2v) is 6.48. The van der Waals surface area contributed by atoms with E-state index in [0.717, 1.165) is 12.1 Å². The molecule has 0 heterocycles. The quantitative estimate of drug-likeness (QED) is 0.738. The minimum atomic E-state index is -0.811. The third kappa shape index (κ3) is 4.89. The molecule has 1 saturated carbocycles. The first-order chi connectivity index (χ1) is 10.9. The monoisotopic (exact) mass is 390 g/mol. The lowest BCUT2D eigenvalue weighted by molar-refractivity contribution is -0.142. The van der Waals surface area contributed by atoms with Crippen molar-refractivity contribution in [2.75, 3.05) is 0 Å². The van der Waals surface area contributed by atoms with Crippen LogP contribution in [0.15, 0.2) is 16.6 Å². The summed E-state index contributed by atoms with van der Waals surface area (Å²) in [6.45, 7) is -0.263. The van der Waals surface area contributed by atoms with Crippen molar-refractivity contribution in [3.05, 3.63) is 33.8 Å². The number of hydrogen-bond acceptors (Lipinski definition) is 2. The number of nitrogens with one attached hydrogen (secondary N) is 2. The van der Waals surface area contributed by atoms with Crippen molar-refractivity contribution in [3.8, 4) is 0 Å². The number of benzene rings is 1. The summed E-state index contributed by atoms with van der Waals surface area (Å²) in [6, 6.07) is 1.62. The van der Waals surface area contributed by atoms with Crippen molar-refractivity contribution in [3.63, 3.8) is 0 Å². The number of aliphatic carboxylic acids is 1. The maximum atomic E-state index is 13.6. The Kier molecular flexibility index (Phi) is 5.92. The van der Waals surface area contributed by atoms with Crippen molar-refractivity contribution in [1.82, 2.24) is 10.6 Å². The van der Waals surface area contributed by atoms with Crippen LogP contribution in [-0.2, 0) is 11.3 Å². The molecule has 2 amide bonds. The van der Waals surface area contributed by atoms with Crippen molar-refractivity contribution in [2.24, 2.45) is 5.92 Å². The molecule has 0 spiro atoms. The van der Waals surface area contributed by atoms with Gasteiger partial charge >= 0.3 is 12.0 Å². The van der Waals surface area contributed by atoms with E-state index >= 15 is 0 Å². The molecule has 2 rings (SSSR count). The number of carbonyl (C=O) groups is 2. The van der Waals surface area contributed by atoms with Gasteiger partial charge in [0.05, 0.1) is 12.5 Å². The topological polar surface area (TPSA) is 78.4 Å². The Hall–Kier alpha value is -1.70. The highest BCUT2D eigenvalue weighted by Crippen LogP contribution is 2.24. The lowest BCUT2D eigenvalue weighted by atomic mass is 9.86. The second-order valence-electron chi connectivity index (χ2n) is 5.56. The van der Waals surface area contributed by atoms with E-state index in [4.69, 9.17) is 5.11 Å². The van der Waals surface area contributed by atoms with Crippen LogP contribution in [0.4, 0.5) is 13.6 Å². The predicted molar refractivity (Wildman–Crippen MR) is 82.8 cm³/mol. The molecule has 0 unspecified atom stereocenters. The van der Waals surface area contributed by atoms with Crippen LogP contribution in [0.3, 0.4) is 0 Å². The summed E-state index contributed by atoms with van der Waals surface area (Å²) in [5.74, 6) is -2.64. The first-order valence-electron chi connectivity index (χ1n) is 7.27. The van der Waals surface area contributed by atoms with Crippen LogP contribution in [-0.4, -0.2) is 23.1 Å². The van der Waals surface area contributed by atoms with E-state index < -0.39 is 23.6 Å². The van der Waals surface area contributed by atoms with E-state index in [9.17, 15) is 18.4 Å². The van der Waals surface area contributed by atoms with Gasteiger partial charge in [-0.15, -0.1) is 0 Å². The molecule has 23 heavy (non-hydrogen) atoms. The van der Waals surface area contributed by atoms with E-state index in [1.807, 2.05) is 0 Å². The van der Waals surface area contributed by atoms with Gasteiger partial charge in [0.1, 0.15) is 11.6 Å². The summed E-state index contributed by atoms with van der Waals surface area (Å²) in [5.41, 5.74) is -0.210. The van der Waals surface area contributed by atoms with E-state index in [-0.39, 0.29) is 28.5 Å². The number of carboxylic acids is 1. The predicted octanol–water partition coefficient (Wildman–Crippen LogP) is 3.17. The molecule has 0 aliphatic heterocycles. The highest BCUT2D eigenvalue weighted by Gasteiger charge is 2.26. The van der Waals surface area contributed by atoms with Crippen LogP contribution in [0.5, 0.6) is 0 Å². The van der Waals surface area contributed by atoms with E-state index in [2.05, 4.69) is 26.6 Å². The molecule has 1 fully saturated rings. The maximum Gasteiger partial charge on any atom is 0.315 e. The normalized spacial score (nSPS) is 20.8. The molecule has 0 radical (unpaired) electrons. The van der Waals surface area contributed by atoms with Crippen molar-refractivity contribution < 1.29 is 23.5 Å². The number of carboxylic acid groups (broad SMARTS) is 1. The Labute approximate surface area is 140 Å². The third-order valence-corrected chi connectivity index (χ3v) is 4.40. The largest absolute Gasteiger partial charge is 0.481 e. The molecule has 1 aromatic carbocycles. The highest BCUT2D eigenvalue weighted by molar-refractivity contribution is 9.10. The molecule has 0 saturated heterocycles. The molecule has 126 valence electrons. The van der Waals surface area contributed by atoms with Gasteiger partial charge in [-0.1, -0.05) is 15.9 Å². The smallest absolute Gasteiger partial charge is 0.315 e. The van der Waals surface area contributed by atoms with Gasteiger partial charge in [0.2, 0.25) is 0 Å². The Morgan fingerprint density at radius 2 is 1.74 bits per heavy atom. The van der Waals surface area contributed by atoms with Crippen LogP contribution in [0, 0.1) is 17.6 Å². The summed E-state index contributed by atoms with van der Waals surface area (Å²) in [7, 11) is 0. The third-order valence-electron chi connectivity index (χ3n) is 3.94. The van der Waals surface area contributed by atoms with Crippen LogP contribution < -0.4 is 10.6 Å². The Balaban J connectivity index is 1.81. The number of rotatable bonds is 4. The summed E-state index contributed by atoms with van der Waals surface area (Å²) in [5, 5.41) is 14.0. The Morgan fingerprint density at radius 1 is 1.17 bits per heavy atom. The van der Waals surface area contributed by atoms with E-state index in [1.165, 1.54) is 0 Å². The van der Waals surface area contributed by atoms with E-state index in [0.29, 0.717) is 25.7 Å². The minimum Gasteiger partial charge on any atom is -0.481 e. The van der Waals surface area contributed by atoms with Gasteiger partial charge in [0.25, 0.3) is 0 Å². The van der Waals surface area contributed by atoms with Gasteiger partial charge in [0, 0.05) is 16.1 Å². The lowest BCUT2D eigenvalue weighted by Gasteiger charge is -2.26. The first kappa shape index (κ1) is 17.7. The second kappa shape index (κ2) is 7.72. The molecule has 0 atom stereocenters. The molecular weight excluding hydrogens is 374 g/mol.